The summed E-state index contributed by atoms with van der Waals surface area (Å²) in [7, 11) is 0. The fraction of sp³-hybridized carbons (Fsp3) is 0.952. The fourth-order valence-electron chi connectivity index (χ4n) is 3.02. The van der Waals surface area contributed by atoms with Crippen molar-refractivity contribution < 1.29 is 4.79 Å². The molecule has 0 unspecified atom stereocenters. The zero-order valence-corrected chi connectivity index (χ0v) is 16.8. The Bertz CT molecular complexity index is 267. The molecule has 0 bridgehead atoms. The third-order valence-electron chi connectivity index (χ3n) is 4.44. The lowest BCUT2D eigenvalue weighted by molar-refractivity contribution is -0.120. The fourth-order valence-corrected chi connectivity index (χ4v) is 3.02. The summed E-state index contributed by atoms with van der Waals surface area (Å²) in [6.07, 6.45) is 19.4. The molecule has 0 rings (SSSR count). The summed E-state index contributed by atoms with van der Waals surface area (Å²) >= 11 is 0. The molecule has 0 saturated heterocycles. The monoisotopic (exact) mass is 340 g/mol. The van der Waals surface area contributed by atoms with Gasteiger partial charge in [-0.1, -0.05) is 90.4 Å². The minimum Gasteiger partial charge on any atom is -0.353 e. The summed E-state index contributed by atoms with van der Waals surface area (Å²) in [5.41, 5.74) is 0. The molecule has 0 aliphatic rings. The van der Waals surface area contributed by atoms with Gasteiger partial charge in [-0.2, -0.15) is 0 Å². The lowest BCUT2D eigenvalue weighted by Crippen LogP contribution is -2.37. The van der Waals surface area contributed by atoms with Crippen LogP contribution in [0.3, 0.4) is 0 Å². The van der Waals surface area contributed by atoms with Gasteiger partial charge in [-0.25, -0.2) is 0 Å². The van der Waals surface area contributed by atoms with Gasteiger partial charge < -0.3 is 10.6 Å². The van der Waals surface area contributed by atoms with Crippen LogP contribution in [0, 0.1) is 0 Å². The van der Waals surface area contributed by atoms with Gasteiger partial charge in [0.15, 0.2) is 0 Å². The molecule has 0 saturated carbocycles. The van der Waals surface area contributed by atoms with Gasteiger partial charge in [0.05, 0.1) is 6.54 Å². The van der Waals surface area contributed by atoms with Crippen molar-refractivity contribution in [3.05, 3.63) is 0 Å². The predicted molar refractivity (Wildman–Crippen MR) is 106 cm³/mol. The number of hydrogen-bond donors (Lipinski definition) is 2. The highest BCUT2D eigenvalue weighted by molar-refractivity contribution is 5.78. The maximum absolute atomic E-state index is 11.4. The maximum atomic E-state index is 11.4. The molecule has 0 aliphatic carbocycles. The zero-order valence-electron chi connectivity index (χ0n) is 16.8. The molecular formula is C21H44N2O. The SMILES string of the molecule is CCCCCCCCCCCCCCCCNCC(=O)NC(C)C. The molecule has 0 aromatic heterocycles. The van der Waals surface area contributed by atoms with E-state index in [2.05, 4.69) is 17.6 Å². The van der Waals surface area contributed by atoms with Crippen molar-refractivity contribution in [3.63, 3.8) is 0 Å². The van der Waals surface area contributed by atoms with Crippen molar-refractivity contribution >= 4 is 5.91 Å². The summed E-state index contributed by atoms with van der Waals surface area (Å²) in [5.74, 6) is 0.107. The van der Waals surface area contributed by atoms with E-state index in [0.717, 1.165) is 6.54 Å². The largest absolute Gasteiger partial charge is 0.353 e. The lowest BCUT2D eigenvalue weighted by Gasteiger charge is -2.09. The van der Waals surface area contributed by atoms with E-state index in [1.807, 2.05) is 13.8 Å². The molecule has 24 heavy (non-hydrogen) atoms. The van der Waals surface area contributed by atoms with Crippen LogP contribution in [0.2, 0.25) is 0 Å². The second kappa shape index (κ2) is 18.8. The Labute approximate surface area is 151 Å². The summed E-state index contributed by atoms with van der Waals surface area (Å²) in [5, 5.41) is 6.12. The quantitative estimate of drug-likeness (QED) is 0.320. The van der Waals surface area contributed by atoms with E-state index in [-0.39, 0.29) is 11.9 Å². The third-order valence-corrected chi connectivity index (χ3v) is 4.44. The van der Waals surface area contributed by atoms with Crippen LogP contribution in [0.5, 0.6) is 0 Å². The molecule has 144 valence electrons. The van der Waals surface area contributed by atoms with Crippen molar-refractivity contribution in [2.45, 2.75) is 117 Å². The second-order valence-corrected chi connectivity index (χ2v) is 7.50. The second-order valence-electron chi connectivity index (χ2n) is 7.50. The summed E-state index contributed by atoms with van der Waals surface area (Å²) in [4.78, 5) is 11.4. The average molecular weight is 341 g/mol. The van der Waals surface area contributed by atoms with Crippen LogP contribution >= 0.6 is 0 Å². The molecule has 3 heteroatoms. The Kier molecular flexibility index (Phi) is 18.3. The number of carbonyl (C=O) groups excluding carboxylic acids is 1. The van der Waals surface area contributed by atoms with Crippen molar-refractivity contribution in [1.82, 2.24) is 10.6 Å². The maximum Gasteiger partial charge on any atom is 0.234 e. The Hall–Kier alpha value is -0.570. The molecule has 0 radical (unpaired) electrons. The van der Waals surface area contributed by atoms with Gasteiger partial charge in [-0.15, -0.1) is 0 Å². The van der Waals surface area contributed by atoms with Crippen LogP contribution < -0.4 is 10.6 Å². The van der Waals surface area contributed by atoms with Crippen molar-refractivity contribution in [1.29, 1.82) is 0 Å². The standard InChI is InChI=1S/C21H44N2O/c1-4-5-6-7-8-9-10-11-12-13-14-15-16-17-18-22-19-21(24)23-20(2)3/h20,22H,4-19H2,1-3H3,(H,23,24). The summed E-state index contributed by atoms with van der Waals surface area (Å²) < 4.78 is 0. The van der Waals surface area contributed by atoms with Gasteiger partial charge in [0.25, 0.3) is 0 Å². The molecule has 0 aliphatic heterocycles. The third kappa shape index (κ3) is 19.5. The van der Waals surface area contributed by atoms with E-state index in [1.54, 1.807) is 0 Å². The first-order valence-corrected chi connectivity index (χ1v) is 10.7. The number of rotatable bonds is 18. The van der Waals surface area contributed by atoms with Crippen LogP contribution in [0.4, 0.5) is 0 Å². The Morgan fingerprint density at radius 2 is 1.12 bits per heavy atom. The molecule has 0 heterocycles. The van der Waals surface area contributed by atoms with Crippen molar-refractivity contribution in [2.24, 2.45) is 0 Å². The first kappa shape index (κ1) is 23.4. The molecule has 0 aromatic rings. The molecule has 0 spiro atoms. The van der Waals surface area contributed by atoms with Gasteiger partial charge >= 0.3 is 0 Å². The number of amides is 1. The van der Waals surface area contributed by atoms with Crippen molar-refractivity contribution in [3.8, 4) is 0 Å². The molecule has 3 nitrogen and oxygen atoms in total. The normalized spacial score (nSPS) is 11.2. The van der Waals surface area contributed by atoms with Gasteiger partial charge in [-0.3, -0.25) is 4.79 Å². The number of carbonyl (C=O) groups is 1. The van der Waals surface area contributed by atoms with Crippen LogP contribution in [0.1, 0.15) is 111 Å². The first-order valence-electron chi connectivity index (χ1n) is 10.7. The average Bonchev–Trinajstić information content (AvgIpc) is 2.53. The van der Waals surface area contributed by atoms with E-state index in [0.29, 0.717) is 6.54 Å². The van der Waals surface area contributed by atoms with Gasteiger partial charge in [0.2, 0.25) is 5.91 Å². The van der Waals surface area contributed by atoms with Gasteiger partial charge in [-0.05, 0) is 26.8 Å². The topological polar surface area (TPSA) is 41.1 Å². The number of unbranched alkanes of at least 4 members (excludes halogenated alkanes) is 13. The molecule has 0 fully saturated rings. The van der Waals surface area contributed by atoms with Gasteiger partial charge in [0, 0.05) is 6.04 Å². The Morgan fingerprint density at radius 1 is 0.708 bits per heavy atom. The summed E-state index contributed by atoms with van der Waals surface area (Å²) in [6, 6.07) is 0.236. The van der Waals surface area contributed by atoms with Crippen LogP contribution in [0.25, 0.3) is 0 Å². The predicted octanol–water partition coefficient (Wildman–Crippen LogP) is 5.58. The highest BCUT2D eigenvalue weighted by Gasteiger charge is 2.01. The number of hydrogen-bond acceptors (Lipinski definition) is 2. The van der Waals surface area contributed by atoms with E-state index < -0.39 is 0 Å². The smallest absolute Gasteiger partial charge is 0.234 e. The van der Waals surface area contributed by atoms with Crippen LogP contribution in [0.15, 0.2) is 0 Å². The first-order chi connectivity index (χ1) is 11.7. The molecule has 0 aromatic carbocycles. The van der Waals surface area contributed by atoms with E-state index in [4.69, 9.17) is 0 Å². The number of nitrogens with one attached hydrogen (secondary N) is 2. The zero-order chi connectivity index (χ0) is 17.9. The van der Waals surface area contributed by atoms with E-state index in [1.165, 1.54) is 89.9 Å². The highest BCUT2D eigenvalue weighted by Crippen LogP contribution is 2.12. The van der Waals surface area contributed by atoms with Crippen molar-refractivity contribution in [2.75, 3.05) is 13.1 Å². The van der Waals surface area contributed by atoms with Gasteiger partial charge in [0.1, 0.15) is 0 Å². The Balaban J connectivity index is 3.06. The molecular weight excluding hydrogens is 296 g/mol. The van der Waals surface area contributed by atoms with E-state index in [9.17, 15) is 4.79 Å². The molecule has 0 atom stereocenters. The molecule has 1 amide bonds. The Morgan fingerprint density at radius 3 is 1.54 bits per heavy atom. The van der Waals surface area contributed by atoms with E-state index >= 15 is 0 Å². The highest BCUT2D eigenvalue weighted by atomic mass is 16.1. The minimum atomic E-state index is 0.107. The minimum absolute atomic E-state index is 0.107. The lowest BCUT2D eigenvalue weighted by atomic mass is 10.0. The summed E-state index contributed by atoms with van der Waals surface area (Å²) in [6.45, 7) is 7.68. The molecule has 2 N–H and O–H groups in total. The van der Waals surface area contributed by atoms with Crippen LogP contribution in [-0.4, -0.2) is 25.0 Å². The van der Waals surface area contributed by atoms with Crippen LogP contribution in [-0.2, 0) is 4.79 Å².